The second-order valence-corrected chi connectivity index (χ2v) is 8.34. The molecule has 1 aliphatic carbocycles. The van der Waals surface area contributed by atoms with Crippen LogP contribution in [0.4, 0.5) is 0 Å². The lowest BCUT2D eigenvalue weighted by Crippen LogP contribution is -2.23. The Morgan fingerprint density at radius 3 is 2.52 bits per heavy atom. The second kappa shape index (κ2) is 8.88. The first-order chi connectivity index (χ1) is 15.0. The average Bonchev–Trinajstić information content (AvgIpc) is 3.11. The van der Waals surface area contributed by atoms with E-state index in [2.05, 4.69) is 10.4 Å². The number of tetrazole rings is 1. The number of aromatic nitrogens is 4. The van der Waals surface area contributed by atoms with Crippen molar-refractivity contribution >= 4 is 5.78 Å². The van der Waals surface area contributed by atoms with Crippen LogP contribution in [0.2, 0.25) is 0 Å². The van der Waals surface area contributed by atoms with Gasteiger partial charge in [-0.25, -0.2) is 4.79 Å². The zero-order valence-electron chi connectivity index (χ0n) is 18.3. The Balaban J connectivity index is 1.54. The molecule has 7 nitrogen and oxygen atoms in total. The molecule has 1 heterocycles. The maximum absolute atomic E-state index is 12.8. The summed E-state index contributed by atoms with van der Waals surface area (Å²) >= 11 is 0. The van der Waals surface area contributed by atoms with Gasteiger partial charge >= 0.3 is 5.69 Å². The molecule has 1 saturated carbocycles. The first-order valence-electron chi connectivity index (χ1n) is 10.8. The number of aryl methyl sites for hydroxylation is 3. The summed E-state index contributed by atoms with van der Waals surface area (Å²) < 4.78 is 8.59. The van der Waals surface area contributed by atoms with E-state index >= 15 is 0 Å². The summed E-state index contributed by atoms with van der Waals surface area (Å²) in [6.45, 7) is 4.21. The van der Waals surface area contributed by atoms with Crippen molar-refractivity contribution in [2.45, 2.75) is 52.6 Å². The van der Waals surface area contributed by atoms with E-state index in [1.165, 1.54) is 15.8 Å². The lowest BCUT2D eigenvalue weighted by atomic mass is 9.83. The molecule has 0 aliphatic heterocycles. The fraction of sp³-hybridized carbons (Fsp3) is 0.417. The van der Waals surface area contributed by atoms with Gasteiger partial charge in [0, 0.05) is 24.1 Å². The Hall–Kier alpha value is -3.22. The van der Waals surface area contributed by atoms with Crippen LogP contribution in [0.3, 0.4) is 0 Å². The highest BCUT2D eigenvalue weighted by atomic mass is 16.5. The molecule has 31 heavy (non-hydrogen) atoms. The highest BCUT2D eigenvalue weighted by Gasteiger charge is 2.23. The third-order valence-corrected chi connectivity index (χ3v) is 6.14. The van der Waals surface area contributed by atoms with Gasteiger partial charge in [-0.15, -0.1) is 0 Å². The van der Waals surface area contributed by atoms with E-state index in [0.29, 0.717) is 5.69 Å². The number of nitrogens with zero attached hydrogens (tertiary/aromatic N) is 4. The molecule has 1 fully saturated rings. The van der Waals surface area contributed by atoms with Crippen LogP contribution in [-0.4, -0.2) is 25.6 Å². The Morgan fingerprint density at radius 2 is 1.84 bits per heavy atom. The monoisotopic (exact) mass is 420 g/mol. The van der Waals surface area contributed by atoms with E-state index in [4.69, 9.17) is 4.74 Å². The van der Waals surface area contributed by atoms with Gasteiger partial charge in [-0.3, -0.25) is 4.79 Å². The zero-order valence-corrected chi connectivity index (χ0v) is 18.3. The molecule has 1 aliphatic rings. The molecule has 162 valence electrons. The van der Waals surface area contributed by atoms with Crippen LogP contribution < -0.4 is 10.4 Å². The Kier molecular flexibility index (Phi) is 6.02. The molecule has 0 amide bonds. The highest BCUT2D eigenvalue weighted by molar-refractivity contribution is 5.98. The molecule has 0 saturated heterocycles. The third kappa shape index (κ3) is 4.31. The molecule has 0 bridgehead atoms. The van der Waals surface area contributed by atoms with E-state index in [0.717, 1.165) is 53.7 Å². The summed E-state index contributed by atoms with van der Waals surface area (Å²) in [5.41, 5.74) is 3.89. The largest absolute Gasteiger partial charge is 0.489 e. The molecule has 0 N–H and O–H groups in total. The Labute approximate surface area is 181 Å². The molecule has 7 heteroatoms. The maximum atomic E-state index is 12.8. The highest BCUT2D eigenvalue weighted by Crippen LogP contribution is 2.29. The number of rotatable bonds is 6. The van der Waals surface area contributed by atoms with Crippen molar-refractivity contribution in [3.63, 3.8) is 0 Å². The topological polar surface area (TPSA) is 79.0 Å². The maximum Gasteiger partial charge on any atom is 0.368 e. The van der Waals surface area contributed by atoms with Crippen LogP contribution >= 0.6 is 0 Å². The zero-order chi connectivity index (χ0) is 22.0. The Bertz CT molecular complexity index is 1160. The van der Waals surface area contributed by atoms with Crippen LogP contribution in [0, 0.1) is 19.8 Å². The molecule has 3 aromatic rings. The second-order valence-electron chi connectivity index (χ2n) is 8.34. The summed E-state index contributed by atoms with van der Waals surface area (Å²) in [5.74, 6) is 1.12. The molecule has 0 spiro atoms. The number of hydrogen-bond donors (Lipinski definition) is 0. The summed E-state index contributed by atoms with van der Waals surface area (Å²) in [6, 6.07) is 11.4. The lowest BCUT2D eigenvalue weighted by molar-refractivity contribution is 0.0889. The number of hydrogen-bond acceptors (Lipinski definition) is 5. The van der Waals surface area contributed by atoms with Gasteiger partial charge in [0.1, 0.15) is 12.4 Å². The number of benzene rings is 2. The van der Waals surface area contributed by atoms with E-state index in [1.54, 1.807) is 7.05 Å². The van der Waals surface area contributed by atoms with Gasteiger partial charge in [-0.1, -0.05) is 31.4 Å². The minimum Gasteiger partial charge on any atom is -0.489 e. The summed E-state index contributed by atoms with van der Waals surface area (Å²) in [7, 11) is 1.57. The van der Waals surface area contributed by atoms with Crippen LogP contribution in [0.15, 0.2) is 41.2 Å². The van der Waals surface area contributed by atoms with Gasteiger partial charge in [0.05, 0.1) is 5.69 Å². The molecule has 4 rings (SSSR count). The predicted molar refractivity (Wildman–Crippen MR) is 118 cm³/mol. The summed E-state index contributed by atoms with van der Waals surface area (Å²) in [6.07, 6.45) is 5.51. The van der Waals surface area contributed by atoms with E-state index < -0.39 is 0 Å². The number of ketones is 1. The van der Waals surface area contributed by atoms with Crippen molar-refractivity contribution < 1.29 is 9.53 Å². The van der Waals surface area contributed by atoms with Crippen molar-refractivity contribution in [3.8, 4) is 11.4 Å². The lowest BCUT2D eigenvalue weighted by Gasteiger charge is -2.21. The fourth-order valence-electron chi connectivity index (χ4n) is 4.25. The number of Topliss-reactive ketones (excluding diaryl/α,β-unsaturated/α-hetero) is 1. The van der Waals surface area contributed by atoms with E-state index in [1.807, 2.05) is 50.2 Å². The minimum absolute atomic E-state index is 0.153. The SMILES string of the molecule is Cc1cc(C(=O)C2CCCCC2)ccc1OCc1c(C)cccc1-n1nnn(C)c1=O. The number of ether oxygens (including phenoxy) is 1. The average molecular weight is 421 g/mol. The van der Waals surface area contributed by atoms with Crippen molar-refractivity contribution in [3.05, 3.63) is 69.1 Å². The van der Waals surface area contributed by atoms with Gasteiger partial charge in [-0.05, 0) is 72.5 Å². The van der Waals surface area contributed by atoms with Gasteiger partial charge in [0.2, 0.25) is 0 Å². The van der Waals surface area contributed by atoms with Crippen LogP contribution in [-0.2, 0) is 13.7 Å². The predicted octanol–water partition coefficient (Wildman–Crippen LogP) is 3.92. The van der Waals surface area contributed by atoms with E-state index in [-0.39, 0.29) is 24.0 Å². The first-order valence-corrected chi connectivity index (χ1v) is 10.8. The molecule has 0 unspecified atom stereocenters. The van der Waals surface area contributed by atoms with Crippen molar-refractivity contribution in [2.75, 3.05) is 0 Å². The summed E-state index contributed by atoms with van der Waals surface area (Å²) in [4.78, 5) is 25.2. The smallest absolute Gasteiger partial charge is 0.368 e. The quantitative estimate of drug-likeness (QED) is 0.565. The third-order valence-electron chi connectivity index (χ3n) is 6.14. The van der Waals surface area contributed by atoms with Crippen molar-refractivity contribution in [2.24, 2.45) is 13.0 Å². The molecule has 2 aromatic carbocycles. The van der Waals surface area contributed by atoms with Crippen LogP contribution in [0.5, 0.6) is 5.75 Å². The molecular formula is C24H28N4O3. The minimum atomic E-state index is -0.311. The fourth-order valence-corrected chi connectivity index (χ4v) is 4.25. The summed E-state index contributed by atoms with van der Waals surface area (Å²) in [5, 5.41) is 7.76. The van der Waals surface area contributed by atoms with Gasteiger partial charge in [0.15, 0.2) is 5.78 Å². The van der Waals surface area contributed by atoms with Crippen LogP contribution in [0.25, 0.3) is 5.69 Å². The number of carbonyl (C=O) groups excluding carboxylic acids is 1. The Morgan fingerprint density at radius 1 is 1.06 bits per heavy atom. The van der Waals surface area contributed by atoms with Gasteiger partial charge in [-0.2, -0.15) is 9.36 Å². The van der Waals surface area contributed by atoms with Gasteiger partial charge < -0.3 is 4.74 Å². The normalized spacial score (nSPS) is 14.5. The van der Waals surface area contributed by atoms with Crippen molar-refractivity contribution in [1.29, 1.82) is 0 Å². The van der Waals surface area contributed by atoms with Gasteiger partial charge in [0.25, 0.3) is 0 Å². The van der Waals surface area contributed by atoms with Crippen molar-refractivity contribution in [1.82, 2.24) is 19.8 Å². The molecule has 1 aromatic heterocycles. The number of carbonyl (C=O) groups is 1. The first kappa shape index (κ1) is 21.0. The van der Waals surface area contributed by atoms with Crippen LogP contribution in [0.1, 0.15) is 59.2 Å². The van der Waals surface area contributed by atoms with E-state index in [9.17, 15) is 9.59 Å². The molecular weight excluding hydrogens is 392 g/mol. The molecule has 0 atom stereocenters. The standard InChI is InChI=1S/C24H28N4O3/c1-16-8-7-11-21(28-24(30)27(3)25-26-28)20(16)15-31-22-13-12-19(14-17(22)2)23(29)18-9-5-4-6-10-18/h7-8,11-14,18H,4-6,9-10,15H2,1-3H3. The molecule has 0 radical (unpaired) electrons.